The Morgan fingerprint density at radius 1 is 1.00 bits per heavy atom. The van der Waals surface area contributed by atoms with E-state index in [0.717, 1.165) is 0 Å². The zero-order chi connectivity index (χ0) is 11.9. The molecule has 0 aliphatic rings. The Balaban J connectivity index is 4.61. The van der Waals surface area contributed by atoms with Gasteiger partial charge >= 0.3 is 0 Å². The van der Waals surface area contributed by atoms with Crippen molar-refractivity contribution in [1.29, 1.82) is 0 Å². The number of aliphatic hydroxyl groups is 2. The van der Waals surface area contributed by atoms with Crippen LogP contribution in [0.25, 0.3) is 0 Å². The summed E-state index contributed by atoms with van der Waals surface area (Å²) >= 11 is 0. The Bertz CT molecular complexity index is 219. The summed E-state index contributed by atoms with van der Waals surface area (Å²) in [5.41, 5.74) is -1.48. The summed E-state index contributed by atoms with van der Waals surface area (Å²) in [4.78, 5) is 21.1. The van der Waals surface area contributed by atoms with Gasteiger partial charge in [0.25, 0.3) is 0 Å². The van der Waals surface area contributed by atoms with E-state index in [2.05, 4.69) is 0 Å². The maximum Gasteiger partial charge on any atom is 0.0478 e. The van der Waals surface area contributed by atoms with Gasteiger partial charge in [-0.05, 0) is 25.7 Å². The first-order valence-corrected chi connectivity index (χ1v) is 4.61. The highest BCUT2D eigenvalue weighted by Gasteiger charge is 2.30. The third-order valence-electron chi connectivity index (χ3n) is 2.42. The van der Waals surface area contributed by atoms with Crippen LogP contribution in [0.3, 0.4) is 0 Å². The van der Waals surface area contributed by atoms with Crippen LogP contribution in [0.5, 0.6) is 0 Å². The van der Waals surface area contributed by atoms with Crippen LogP contribution in [-0.2, 0) is 9.59 Å². The molecule has 0 atom stereocenters. The smallest absolute Gasteiger partial charge is 0.0478 e. The zero-order valence-electron chi connectivity index (χ0n) is 8.27. The quantitative estimate of drug-likeness (QED) is 0.448. The van der Waals surface area contributed by atoms with Crippen molar-refractivity contribution in [3.63, 3.8) is 0 Å². The van der Waals surface area contributed by atoms with E-state index in [4.69, 9.17) is 10.2 Å². The number of hydrogen-bond acceptors (Lipinski definition) is 6. The Labute approximate surface area is 87.2 Å². The fourth-order valence-corrected chi connectivity index (χ4v) is 1.45. The number of rotatable bonds is 8. The van der Waals surface area contributed by atoms with Crippen LogP contribution in [-0.4, -0.2) is 35.4 Å². The molecule has 0 bridgehead atoms. The minimum Gasteiger partial charge on any atom is -0.550 e. The molecule has 0 unspecified atom stereocenters. The predicted octanol–water partition coefficient (Wildman–Crippen LogP) is -2.98. The van der Waals surface area contributed by atoms with Crippen LogP contribution in [0.2, 0.25) is 0 Å². The molecule has 0 aromatic rings. The highest BCUT2D eigenvalue weighted by Crippen LogP contribution is 2.31. The van der Waals surface area contributed by atoms with Crippen molar-refractivity contribution in [2.75, 3.05) is 13.2 Å². The van der Waals surface area contributed by atoms with Gasteiger partial charge in [-0.25, -0.2) is 0 Å². The lowest BCUT2D eigenvalue weighted by Crippen LogP contribution is -2.44. The summed E-state index contributed by atoms with van der Waals surface area (Å²) in [6.45, 7) is -0.804. The van der Waals surface area contributed by atoms with Gasteiger partial charge in [0, 0.05) is 30.6 Å². The van der Waals surface area contributed by atoms with Gasteiger partial charge in [0.1, 0.15) is 0 Å². The van der Waals surface area contributed by atoms with E-state index < -0.39 is 37.0 Å². The lowest BCUT2D eigenvalue weighted by atomic mass is 9.77. The van der Waals surface area contributed by atoms with Gasteiger partial charge in [0.15, 0.2) is 0 Å². The summed E-state index contributed by atoms with van der Waals surface area (Å²) in [6.07, 6.45) is -0.918. The molecule has 0 aliphatic carbocycles. The minimum atomic E-state index is -1.48. The van der Waals surface area contributed by atoms with Crippen LogP contribution >= 0.6 is 0 Å². The van der Waals surface area contributed by atoms with Crippen LogP contribution in [0.4, 0.5) is 0 Å². The van der Waals surface area contributed by atoms with E-state index in [1.807, 2.05) is 0 Å². The van der Waals surface area contributed by atoms with Gasteiger partial charge in [-0.1, -0.05) is 0 Å². The molecule has 0 aromatic carbocycles. The van der Waals surface area contributed by atoms with Gasteiger partial charge in [-0.2, -0.15) is 0 Å². The lowest BCUT2D eigenvalue weighted by molar-refractivity contribution is -0.322. The number of carbonyl (C=O) groups excluding carboxylic acids is 2. The first-order valence-electron chi connectivity index (χ1n) is 4.61. The van der Waals surface area contributed by atoms with Crippen molar-refractivity contribution < 1.29 is 30.0 Å². The van der Waals surface area contributed by atoms with Crippen LogP contribution in [0, 0.1) is 5.41 Å². The standard InChI is InChI=1S/C9H16O6/c10-5-3-9(4-6-11,8(14)15)2-1-7(12)13/h10-11H,1-6H2,(H,12,13)(H,14,15)/p-2. The molecule has 2 N–H and O–H groups in total. The third-order valence-corrected chi connectivity index (χ3v) is 2.42. The number of aliphatic hydroxyl groups excluding tert-OH is 2. The highest BCUT2D eigenvalue weighted by atomic mass is 16.4. The molecule has 0 amide bonds. The Kier molecular flexibility index (Phi) is 5.88. The van der Waals surface area contributed by atoms with E-state index in [0.29, 0.717) is 0 Å². The minimum absolute atomic E-state index is 0.136. The monoisotopic (exact) mass is 218 g/mol. The number of carboxylic acids is 2. The van der Waals surface area contributed by atoms with E-state index in [1.54, 1.807) is 0 Å². The van der Waals surface area contributed by atoms with E-state index in [1.165, 1.54) is 0 Å². The Morgan fingerprint density at radius 2 is 1.47 bits per heavy atom. The molecule has 88 valence electrons. The number of hydrogen-bond donors (Lipinski definition) is 2. The average molecular weight is 218 g/mol. The molecule has 0 saturated heterocycles. The normalized spacial score (nSPS) is 11.3. The second kappa shape index (κ2) is 6.36. The number of carboxylic acid groups (broad SMARTS) is 2. The second-order valence-corrected chi connectivity index (χ2v) is 3.39. The molecular weight excluding hydrogens is 204 g/mol. The van der Waals surface area contributed by atoms with Crippen LogP contribution in [0.15, 0.2) is 0 Å². The van der Waals surface area contributed by atoms with E-state index >= 15 is 0 Å². The van der Waals surface area contributed by atoms with Gasteiger partial charge in [0.05, 0.1) is 0 Å². The van der Waals surface area contributed by atoms with Crippen molar-refractivity contribution >= 4 is 11.9 Å². The Morgan fingerprint density at radius 3 is 1.73 bits per heavy atom. The summed E-state index contributed by atoms with van der Waals surface area (Å²) in [6, 6.07) is 0. The fourth-order valence-electron chi connectivity index (χ4n) is 1.45. The molecule has 0 aromatic heterocycles. The Hall–Kier alpha value is -1.14. The molecule has 0 spiro atoms. The maximum absolute atomic E-state index is 10.9. The summed E-state index contributed by atoms with van der Waals surface area (Å²) in [5, 5.41) is 38.5. The van der Waals surface area contributed by atoms with E-state index in [-0.39, 0.29) is 19.3 Å². The van der Waals surface area contributed by atoms with Crippen molar-refractivity contribution in [3.05, 3.63) is 0 Å². The van der Waals surface area contributed by atoms with Gasteiger partial charge in [-0.3, -0.25) is 0 Å². The molecular formula is C9H14O6-2. The molecule has 0 radical (unpaired) electrons. The number of aliphatic carboxylic acids is 2. The topological polar surface area (TPSA) is 121 Å². The largest absolute Gasteiger partial charge is 0.550 e. The van der Waals surface area contributed by atoms with Crippen molar-refractivity contribution in [2.45, 2.75) is 25.7 Å². The maximum atomic E-state index is 10.9. The fraction of sp³-hybridized carbons (Fsp3) is 0.778. The van der Waals surface area contributed by atoms with E-state index in [9.17, 15) is 19.8 Å². The zero-order valence-corrected chi connectivity index (χ0v) is 8.27. The molecule has 6 nitrogen and oxygen atoms in total. The molecule has 15 heavy (non-hydrogen) atoms. The molecule has 0 aliphatic heterocycles. The van der Waals surface area contributed by atoms with Crippen molar-refractivity contribution in [3.8, 4) is 0 Å². The first-order chi connectivity index (χ1) is 6.98. The molecule has 0 fully saturated rings. The number of carbonyl (C=O) groups is 2. The summed E-state index contributed by atoms with van der Waals surface area (Å²) < 4.78 is 0. The third kappa shape index (κ3) is 4.26. The SMILES string of the molecule is O=C([O-])CCC(CCO)(CCO)C(=O)[O-]. The molecule has 0 rings (SSSR count). The average Bonchev–Trinajstić information content (AvgIpc) is 2.14. The predicted molar refractivity (Wildman–Crippen MR) is 45.1 cm³/mol. The molecule has 0 heterocycles. The molecule has 6 heteroatoms. The summed E-state index contributed by atoms with van der Waals surface area (Å²) in [5.74, 6) is -2.82. The van der Waals surface area contributed by atoms with Gasteiger partial charge < -0.3 is 30.0 Å². The van der Waals surface area contributed by atoms with Crippen LogP contribution in [0.1, 0.15) is 25.7 Å². The lowest BCUT2D eigenvalue weighted by Gasteiger charge is -2.34. The van der Waals surface area contributed by atoms with Gasteiger partial charge in [0.2, 0.25) is 0 Å². The van der Waals surface area contributed by atoms with Crippen molar-refractivity contribution in [1.82, 2.24) is 0 Å². The van der Waals surface area contributed by atoms with Gasteiger partial charge in [-0.15, -0.1) is 0 Å². The van der Waals surface area contributed by atoms with Crippen molar-refractivity contribution in [2.24, 2.45) is 5.41 Å². The molecule has 0 saturated carbocycles. The second-order valence-electron chi connectivity index (χ2n) is 3.39. The highest BCUT2D eigenvalue weighted by molar-refractivity contribution is 5.73. The van der Waals surface area contributed by atoms with Crippen LogP contribution < -0.4 is 10.2 Å². The summed E-state index contributed by atoms with van der Waals surface area (Å²) in [7, 11) is 0. The first kappa shape index (κ1) is 13.9.